The van der Waals surface area contributed by atoms with Gasteiger partial charge in [-0.15, -0.1) is 0 Å². The number of benzene rings is 1. The second-order valence-corrected chi connectivity index (χ2v) is 7.66. The monoisotopic (exact) mass is 315 g/mol. The first kappa shape index (κ1) is 16.8. The Balaban J connectivity index is 1.56. The van der Waals surface area contributed by atoms with E-state index in [-0.39, 0.29) is 0 Å². The summed E-state index contributed by atoms with van der Waals surface area (Å²) in [6, 6.07) is 10.6. The summed E-state index contributed by atoms with van der Waals surface area (Å²) >= 11 is 0. The number of likely N-dealkylation sites (tertiary alicyclic amines) is 1. The molecule has 2 fully saturated rings. The average molecular weight is 316 g/mol. The summed E-state index contributed by atoms with van der Waals surface area (Å²) in [5.74, 6) is 0. The molecule has 0 spiro atoms. The Labute approximate surface area is 142 Å². The number of piperidine rings is 1. The number of likely N-dealkylation sites (N-methyl/N-ethyl adjacent to an activating group) is 1. The summed E-state index contributed by atoms with van der Waals surface area (Å²) in [6.45, 7) is 7.14. The summed E-state index contributed by atoms with van der Waals surface area (Å²) in [5, 5.41) is 0. The highest BCUT2D eigenvalue weighted by Crippen LogP contribution is 2.25. The van der Waals surface area contributed by atoms with Crippen LogP contribution in [0.25, 0.3) is 0 Å². The maximum absolute atomic E-state index is 2.80. The zero-order valence-electron chi connectivity index (χ0n) is 15.2. The van der Waals surface area contributed by atoms with Crippen molar-refractivity contribution in [3.8, 4) is 0 Å². The first-order chi connectivity index (χ1) is 11.1. The number of nitrogens with zero attached hydrogens (tertiary/aromatic N) is 3. The Morgan fingerprint density at radius 2 is 1.61 bits per heavy atom. The van der Waals surface area contributed by atoms with Crippen molar-refractivity contribution in [1.29, 1.82) is 0 Å². The molecule has 2 heterocycles. The van der Waals surface area contributed by atoms with Crippen molar-refractivity contribution >= 4 is 5.69 Å². The summed E-state index contributed by atoms with van der Waals surface area (Å²) in [4.78, 5) is 7.79. The highest BCUT2D eigenvalue weighted by molar-refractivity contribution is 5.47. The molecule has 0 N–H and O–H groups in total. The fraction of sp³-hybridized carbons (Fsp3) is 0.700. The third-order valence-electron chi connectivity index (χ3n) is 5.79. The Morgan fingerprint density at radius 1 is 0.913 bits per heavy atom. The quantitative estimate of drug-likeness (QED) is 0.846. The molecule has 2 aliphatic heterocycles. The van der Waals surface area contributed by atoms with Gasteiger partial charge in [0.15, 0.2) is 0 Å². The lowest BCUT2D eigenvalue weighted by molar-refractivity contribution is 0.134. The zero-order valence-corrected chi connectivity index (χ0v) is 15.2. The van der Waals surface area contributed by atoms with Crippen LogP contribution in [-0.4, -0.2) is 62.2 Å². The van der Waals surface area contributed by atoms with Crippen LogP contribution in [0.2, 0.25) is 0 Å². The molecule has 1 aromatic rings. The number of hydrogen-bond acceptors (Lipinski definition) is 3. The molecule has 0 bridgehead atoms. The van der Waals surface area contributed by atoms with Crippen molar-refractivity contribution in [2.24, 2.45) is 0 Å². The summed E-state index contributed by atoms with van der Waals surface area (Å²) in [7, 11) is 4.49. The molecule has 0 radical (unpaired) electrons. The molecule has 0 aliphatic carbocycles. The first-order valence-corrected chi connectivity index (χ1v) is 9.35. The smallest absolute Gasteiger partial charge is 0.0366 e. The molecule has 3 rings (SSSR count). The van der Waals surface area contributed by atoms with Crippen LogP contribution < -0.4 is 4.90 Å². The van der Waals surface area contributed by atoms with Crippen LogP contribution in [0.4, 0.5) is 5.69 Å². The van der Waals surface area contributed by atoms with Gasteiger partial charge in [-0.25, -0.2) is 0 Å². The molecule has 0 saturated carbocycles. The van der Waals surface area contributed by atoms with E-state index in [2.05, 4.69) is 60.0 Å². The normalized spacial score (nSPS) is 24.9. The number of aryl methyl sites for hydroxylation is 1. The highest BCUT2D eigenvalue weighted by Gasteiger charge is 2.28. The molecule has 2 saturated heterocycles. The third-order valence-corrected chi connectivity index (χ3v) is 5.79. The predicted molar refractivity (Wildman–Crippen MR) is 99.3 cm³/mol. The van der Waals surface area contributed by atoms with E-state index in [1.807, 2.05) is 0 Å². The third kappa shape index (κ3) is 4.27. The molecule has 1 aromatic carbocycles. The molecule has 1 atom stereocenters. The fourth-order valence-corrected chi connectivity index (χ4v) is 4.15. The lowest BCUT2D eigenvalue weighted by Gasteiger charge is -2.40. The van der Waals surface area contributed by atoms with Gasteiger partial charge in [-0.3, -0.25) is 4.90 Å². The van der Waals surface area contributed by atoms with Gasteiger partial charge in [-0.1, -0.05) is 24.1 Å². The summed E-state index contributed by atoms with van der Waals surface area (Å²) in [6.07, 6.45) is 6.76. The molecule has 128 valence electrons. The van der Waals surface area contributed by atoms with E-state index in [0.717, 1.165) is 12.1 Å². The van der Waals surface area contributed by atoms with Gasteiger partial charge in [0.2, 0.25) is 0 Å². The predicted octanol–water partition coefficient (Wildman–Crippen LogP) is 3.38. The Hall–Kier alpha value is -1.06. The van der Waals surface area contributed by atoms with Crippen molar-refractivity contribution in [2.75, 3.05) is 45.2 Å². The first-order valence-electron chi connectivity index (χ1n) is 9.35. The van der Waals surface area contributed by atoms with E-state index >= 15 is 0 Å². The topological polar surface area (TPSA) is 9.72 Å². The molecule has 3 nitrogen and oxygen atoms in total. The van der Waals surface area contributed by atoms with Crippen LogP contribution in [0.15, 0.2) is 24.3 Å². The van der Waals surface area contributed by atoms with Gasteiger partial charge >= 0.3 is 0 Å². The second-order valence-electron chi connectivity index (χ2n) is 7.66. The van der Waals surface area contributed by atoms with Gasteiger partial charge in [0.1, 0.15) is 0 Å². The van der Waals surface area contributed by atoms with Gasteiger partial charge in [-0.05, 0) is 65.4 Å². The van der Waals surface area contributed by atoms with E-state index in [1.54, 1.807) is 0 Å². The van der Waals surface area contributed by atoms with Crippen LogP contribution in [0, 0.1) is 6.92 Å². The average Bonchev–Trinajstić information content (AvgIpc) is 2.82. The molecule has 23 heavy (non-hydrogen) atoms. The minimum absolute atomic E-state index is 0.743. The van der Waals surface area contributed by atoms with Gasteiger partial charge in [0.25, 0.3) is 0 Å². The van der Waals surface area contributed by atoms with Gasteiger partial charge in [-0.2, -0.15) is 0 Å². The number of rotatable bonds is 3. The van der Waals surface area contributed by atoms with Crippen molar-refractivity contribution in [1.82, 2.24) is 9.80 Å². The van der Waals surface area contributed by atoms with Crippen molar-refractivity contribution in [3.63, 3.8) is 0 Å². The molecule has 0 amide bonds. The van der Waals surface area contributed by atoms with Gasteiger partial charge in [0.05, 0.1) is 0 Å². The minimum atomic E-state index is 0.743. The Bertz CT molecular complexity index is 474. The van der Waals surface area contributed by atoms with E-state index in [1.165, 1.54) is 69.5 Å². The largest absolute Gasteiger partial charge is 0.371 e. The van der Waals surface area contributed by atoms with Crippen LogP contribution in [0.5, 0.6) is 0 Å². The standard InChI is InChI=1S/C20H33N3/c1-17-7-9-18(10-8-17)22-14-11-19(12-15-22)23-13-5-4-6-20(16-23)21(2)3/h7-10,19-20H,4-6,11-16H2,1-3H3/t20-/m0/s1. The molecular weight excluding hydrogens is 282 g/mol. The zero-order chi connectivity index (χ0) is 16.2. The summed E-state index contributed by atoms with van der Waals surface area (Å²) in [5.41, 5.74) is 2.75. The Morgan fingerprint density at radius 3 is 2.26 bits per heavy atom. The van der Waals surface area contributed by atoms with Crippen molar-refractivity contribution in [3.05, 3.63) is 29.8 Å². The number of anilines is 1. The lowest BCUT2D eigenvalue weighted by Crippen LogP contribution is -2.48. The van der Waals surface area contributed by atoms with Crippen LogP contribution in [-0.2, 0) is 0 Å². The van der Waals surface area contributed by atoms with Crippen LogP contribution >= 0.6 is 0 Å². The molecular formula is C20H33N3. The van der Waals surface area contributed by atoms with E-state index in [0.29, 0.717) is 0 Å². The van der Waals surface area contributed by atoms with E-state index < -0.39 is 0 Å². The van der Waals surface area contributed by atoms with Gasteiger partial charge < -0.3 is 9.80 Å². The molecule has 0 aromatic heterocycles. The van der Waals surface area contributed by atoms with Crippen LogP contribution in [0.1, 0.15) is 37.7 Å². The molecule has 3 heteroatoms. The number of hydrogen-bond donors (Lipinski definition) is 0. The van der Waals surface area contributed by atoms with E-state index in [9.17, 15) is 0 Å². The van der Waals surface area contributed by atoms with Gasteiger partial charge in [0, 0.05) is 37.4 Å². The van der Waals surface area contributed by atoms with Crippen molar-refractivity contribution in [2.45, 2.75) is 51.1 Å². The maximum atomic E-state index is 2.80. The lowest BCUT2D eigenvalue weighted by atomic mass is 10.0. The highest BCUT2D eigenvalue weighted by atomic mass is 15.2. The van der Waals surface area contributed by atoms with Crippen LogP contribution in [0.3, 0.4) is 0 Å². The molecule has 0 unspecified atom stereocenters. The van der Waals surface area contributed by atoms with E-state index in [4.69, 9.17) is 0 Å². The fourth-order valence-electron chi connectivity index (χ4n) is 4.15. The summed E-state index contributed by atoms with van der Waals surface area (Å²) < 4.78 is 0. The SMILES string of the molecule is Cc1ccc(N2CCC(N3CCCC[C@H](N(C)C)C3)CC2)cc1. The van der Waals surface area contributed by atoms with Crippen molar-refractivity contribution < 1.29 is 0 Å². The molecule has 2 aliphatic rings. The second kappa shape index (κ2) is 7.67. The minimum Gasteiger partial charge on any atom is -0.371 e. The maximum Gasteiger partial charge on any atom is 0.0366 e. The Kier molecular flexibility index (Phi) is 5.60.